The number of rotatable bonds is 3. The van der Waals surface area contributed by atoms with Gasteiger partial charge >= 0.3 is 0 Å². The van der Waals surface area contributed by atoms with Gasteiger partial charge in [-0.25, -0.2) is 8.42 Å². The highest BCUT2D eigenvalue weighted by molar-refractivity contribution is 8.14. The second-order valence-corrected chi connectivity index (χ2v) is 9.12. The van der Waals surface area contributed by atoms with Gasteiger partial charge in [0.15, 0.2) is 0 Å². The summed E-state index contributed by atoms with van der Waals surface area (Å²) in [5.74, 6) is -0.0486. The van der Waals surface area contributed by atoms with Crippen molar-refractivity contribution in [2.45, 2.75) is 23.8 Å². The van der Waals surface area contributed by atoms with Crippen molar-refractivity contribution in [1.29, 1.82) is 0 Å². The highest BCUT2D eigenvalue weighted by Crippen LogP contribution is 2.34. The fourth-order valence-electron chi connectivity index (χ4n) is 2.92. The molecule has 6 nitrogen and oxygen atoms in total. The second kappa shape index (κ2) is 6.84. The summed E-state index contributed by atoms with van der Waals surface area (Å²) in [4.78, 5) is 24.7. The average Bonchev–Trinajstić information content (AvgIpc) is 2.86. The van der Waals surface area contributed by atoms with Crippen molar-refractivity contribution < 1.29 is 18.0 Å². The number of thioether (sulfide) groups is 1. The van der Waals surface area contributed by atoms with E-state index in [1.165, 1.54) is 21.3 Å². The Hall–Kier alpha value is -0.800. The first kappa shape index (κ1) is 18.0. The molecule has 0 saturated carbocycles. The lowest BCUT2D eigenvalue weighted by Crippen LogP contribution is -2.48. The van der Waals surface area contributed by atoms with E-state index in [1.807, 2.05) is 0 Å². The zero-order chi connectivity index (χ0) is 17.5. The van der Waals surface area contributed by atoms with Crippen LogP contribution in [0, 0.1) is 0 Å². The van der Waals surface area contributed by atoms with Crippen molar-refractivity contribution in [1.82, 2.24) is 9.21 Å². The molecule has 24 heavy (non-hydrogen) atoms. The minimum absolute atomic E-state index is 0.0749. The summed E-state index contributed by atoms with van der Waals surface area (Å²) >= 11 is 13.0. The molecule has 130 valence electrons. The fraction of sp³-hybridized carbons (Fsp3) is 0.429. The van der Waals surface area contributed by atoms with Crippen LogP contribution in [0.1, 0.15) is 12.8 Å². The van der Waals surface area contributed by atoms with Gasteiger partial charge in [0, 0.05) is 19.1 Å². The molecule has 2 aliphatic rings. The summed E-state index contributed by atoms with van der Waals surface area (Å²) in [6, 6.07) is 4.28. The highest BCUT2D eigenvalue weighted by Gasteiger charge is 2.40. The van der Waals surface area contributed by atoms with Crippen LogP contribution < -0.4 is 0 Å². The molecule has 0 aromatic heterocycles. The van der Waals surface area contributed by atoms with Crippen LogP contribution in [0.2, 0.25) is 10.0 Å². The molecule has 0 spiro atoms. The summed E-state index contributed by atoms with van der Waals surface area (Å²) in [7, 11) is -3.82. The molecule has 0 unspecified atom stereocenters. The molecule has 2 amide bonds. The molecule has 1 aromatic rings. The highest BCUT2D eigenvalue weighted by atomic mass is 35.5. The van der Waals surface area contributed by atoms with Gasteiger partial charge in [0.05, 0.1) is 15.8 Å². The summed E-state index contributed by atoms with van der Waals surface area (Å²) in [5.41, 5.74) is 0. The molecular formula is C14H14Cl2N2O4S2. The molecule has 0 radical (unpaired) electrons. The summed E-state index contributed by atoms with van der Waals surface area (Å²) < 4.78 is 26.9. The van der Waals surface area contributed by atoms with Gasteiger partial charge in [0.2, 0.25) is 15.9 Å². The third kappa shape index (κ3) is 3.17. The number of sulfonamides is 1. The summed E-state index contributed by atoms with van der Waals surface area (Å²) in [5, 5.41) is -0.104. The van der Waals surface area contributed by atoms with E-state index in [-0.39, 0.29) is 51.0 Å². The maximum Gasteiger partial charge on any atom is 0.289 e. The summed E-state index contributed by atoms with van der Waals surface area (Å²) in [6.07, 6.45) is 0.804. The van der Waals surface area contributed by atoms with Gasteiger partial charge in [-0.2, -0.15) is 4.31 Å². The molecule has 10 heteroatoms. The van der Waals surface area contributed by atoms with Gasteiger partial charge < -0.3 is 0 Å². The smallest absolute Gasteiger partial charge is 0.273 e. The van der Waals surface area contributed by atoms with Crippen molar-refractivity contribution in [2.75, 3.05) is 18.8 Å². The number of piperidine rings is 1. The number of carbonyl (C=O) groups excluding carboxylic acids is 2. The van der Waals surface area contributed by atoms with Crippen molar-refractivity contribution in [3.05, 3.63) is 28.2 Å². The molecule has 2 saturated heterocycles. The zero-order valence-corrected chi connectivity index (χ0v) is 15.6. The molecule has 3 rings (SSSR count). The maximum absolute atomic E-state index is 12.8. The van der Waals surface area contributed by atoms with E-state index in [4.69, 9.17) is 23.2 Å². The topological polar surface area (TPSA) is 74.8 Å². The monoisotopic (exact) mass is 408 g/mol. The largest absolute Gasteiger partial charge is 0.289 e. The lowest BCUT2D eigenvalue weighted by atomic mass is 10.1. The van der Waals surface area contributed by atoms with Crippen LogP contribution in [0.5, 0.6) is 0 Å². The third-order valence-electron chi connectivity index (χ3n) is 4.09. The van der Waals surface area contributed by atoms with E-state index in [2.05, 4.69) is 0 Å². The second-order valence-electron chi connectivity index (χ2n) is 5.50. The van der Waals surface area contributed by atoms with E-state index in [9.17, 15) is 18.0 Å². The number of halogens is 2. The lowest BCUT2D eigenvalue weighted by Gasteiger charge is -2.34. The molecule has 2 heterocycles. The Morgan fingerprint density at radius 1 is 1.08 bits per heavy atom. The van der Waals surface area contributed by atoms with E-state index in [1.54, 1.807) is 6.07 Å². The molecule has 0 bridgehead atoms. The number of nitrogens with zero attached hydrogens (tertiary/aromatic N) is 2. The van der Waals surface area contributed by atoms with Gasteiger partial charge in [-0.1, -0.05) is 41.0 Å². The van der Waals surface area contributed by atoms with Crippen molar-refractivity contribution in [3.8, 4) is 0 Å². The average molecular weight is 409 g/mol. The van der Waals surface area contributed by atoms with Gasteiger partial charge in [-0.3, -0.25) is 14.5 Å². The van der Waals surface area contributed by atoms with Crippen LogP contribution in [-0.2, 0) is 14.8 Å². The molecule has 0 N–H and O–H groups in total. The predicted molar refractivity (Wildman–Crippen MR) is 92.9 cm³/mol. The minimum atomic E-state index is -3.82. The van der Waals surface area contributed by atoms with Crippen LogP contribution in [0.25, 0.3) is 0 Å². The van der Waals surface area contributed by atoms with Crippen LogP contribution >= 0.6 is 35.0 Å². The minimum Gasteiger partial charge on any atom is -0.273 e. The van der Waals surface area contributed by atoms with Crippen LogP contribution in [0.4, 0.5) is 4.79 Å². The number of imide groups is 1. The van der Waals surface area contributed by atoms with Gasteiger partial charge in [-0.15, -0.1) is 0 Å². The Kier molecular flexibility index (Phi) is 5.13. The first-order valence-electron chi connectivity index (χ1n) is 7.25. The Labute approximate surface area is 154 Å². The van der Waals surface area contributed by atoms with Gasteiger partial charge in [-0.05, 0) is 25.0 Å². The number of hydrogen-bond acceptors (Lipinski definition) is 5. The van der Waals surface area contributed by atoms with E-state index < -0.39 is 10.0 Å². The Bertz CT molecular complexity index is 756. The predicted octanol–water partition coefficient (Wildman–Crippen LogP) is 2.84. The molecule has 2 fully saturated rings. The fourth-order valence-corrected chi connectivity index (χ4v) is 6.25. The first-order chi connectivity index (χ1) is 11.3. The van der Waals surface area contributed by atoms with Gasteiger partial charge in [0.25, 0.3) is 5.24 Å². The van der Waals surface area contributed by atoms with E-state index in [0.29, 0.717) is 12.8 Å². The number of hydrogen-bond donors (Lipinski definition) is 0. The zero-order valence-electron chi connectivity index (χ0n) is 12.4. The number of benzene rings is 1. The Morgan fingerprint density at radius 3 is 2.17 bits per heavy atom. The number of carbonyl (C=O) groups is 2. The molecule has 2 aliphatic heterocycles. The molecular weight excluding hydrogens is 395 g/mol. The molecule has 0 atom stereocenters. The number of amides is 2. The Morgan fingerprint density at radius 2 is 1.67 bits per heavy atom. The van der Waals surface area contributed by atoms with Gasteiger partial charge in [0.1, 0.15) is 4.90 Å². The first-order valence-corrected chi connectivity index (χ1v) is 10.4. The van der Waals surface area contributed by atoms with Crippen LogP contribution in [-0.4, -0.2) is 53.7 Å². The van der Waals surface area contributed by atoms with Crippen molar-refractivity contribution in [3.63, 3.8) is 0 Å². The third-order valence-corrected chi connectivity index (χ3v) is 7.78. The van der Waals surface area contributed by atoms with E-state index in [0.717, 1.165) is 11.8 Å². The van der Waals surface area contributed by atoms with E-state index >= 15 is 0 Å². The molecule has 1 aromatic carbocycles. The van der Waals surface area contributed by atoms with Crippen molar-refractivity contribution in [2.24, 2.45) is 0 Å². The Balaban J connectivity index is 1.77. The summed E-state index contributed by atoms with van der Waals surface area (Å²) in [6.45, 7) is 0.409. The van der Waals surface area contributed by atoms with Crippen LogP contribution in [0.3, 0.4) is 0 Å². The SMILES string of the molecule is O=C1CSC(=O)N1C1CCN(S(=O)(=O)c2c(Cl)cccc2Cl)CC1. The molecule has 0 aliphatic carbocycles. The standard InChI is InChI=1S/C14H14Cl2N2O4S2/c15-10-2-1-3-11(16)13(10)24(21,22)17-6-4-9(5-7-17)18-12(19)8-23-14(18)20/h1-3,9H,4-8H2. The van der Waals surface area contributed by atoms with Crippen molar-refractivity contribution >= 4 is 56.1 Å². The quantitative estimate of drug-likeness (QED) is 0.768. The maximum atomic E-state index is 12.8. The normalized spacial score (nSPS) is 20.8. The lowest BCUT2D eigenvalue weighted by molar-refractivity contribution is -0.126. The van der Waals surface area contributed by atoms with Crippen LogP contribution in [0.15, 0.2) is 23.1 Å².